The largest absolute Gasteiger partial charge is 0.391 e. The number of likely N-dealkylation sites (tertiary alicyclic amines) is 1. The third-order valence-corrected chi connectivity index (χ3v) is 5.81. The number of piperidine rings is 1. The Balaban J connectivity index is 1.60. The second-order valence-corrected chi connectivity index (χ2v) is 7.81. The van der Waals surface area contributed by atoms with Crippen molar-refractivity contribution in [2.24, 2.45) is 0 Å². The number of nitrogens with one attached hydrogen (secondary N) is 1. The molecule has 3 unspecified atom stereocenters. The van der Waals surface area contributed by atoms with E-state index in [4.69, 9.17) is 0 Å². The lowest BCUT2D eigenvalue weighted by atomic mass is 9.98. The molecule has 0 saturated carbocycles. The maximum Gasteiger partial charge on any atom is 0.232 e. The molecule has 1 fully saturated rings. The molecule has 1 aliphatic rings. The van der Waals surface area contributed by atoms with Crippen molar-refractivity contribution in [3.63, 3.8) is 0 Å². The lowest BCUT2D eigenvalue weighted by Gasteiger charge is -2.37. The van der Waals surface area contributed by atoms with Gasteiger partial charge in [0.1, 0.15) is 5.82 Å². The van der Waals surface area contributed by atoms with Gasteiger partial charge < -0.3 is 15.0 Å². The van der Waals surface area contributed by atoms with Crippen LogP contribution in [0.1, 0.15) is 44.2 Å². The van der Waals surface area contributed by atoms with E-state index in [0.29, 0.717) is 5.75 Å². The molecule has 1 amide bonds. The minimum atomic E-state index is -0.466. The molecule has 1 aromatic carbocycles. The Morgan fingerprint density at radius 3 is 2.96 bits per heavy atom. The molecular formula is C18H25N3O2S. The number of thioether (sulfide) groups is 1. The van der Waals surface area contributed by atoms with Gasteiger partial charge in [0.15, 0.2) is 0 Å². The van der Waals surface area contributed by atoms with E-state index in [1.807, 2.05) is 29.2 Å². The summed E-state index contributed by atoms with van der Waals surface area (Å²) in [5, 5.41) is 10.0. The summed E-state index contributed by atoms with van der Waals surface area (Å²) >= 11 is 1.59. The van der Waals surface area contributed by atoms with E-state index in [-0.39, 0.29) is 17.2 Å². The topological polar surface area (TPSA) is 69.2 Å². The number of aliphatic hydroxyl groups is 1. The Labute approximate surface area is 146 Å². The first-order chi connectivity index (χ1) is 11.6. The Morgan fingerprint density at radius 1 is 1.42 bits per heavy atom. The number of hydrogen-bond acceptors (Lipinski definition) is 4. The number of para-hydroxylation sites is 2. The fourth-order valence-corrected chi connectivity index (χ4v) is 4.12. The lowest BCUT2D eigenvalue weighted by molar-refractivity contribution is -0.134. The van der Waals surface area contributed by atoms with Crippen LogP contribution in [0.3, 0.4) is 0 Å². The molecule has 0 radical (unpaired) electrons. The monoisotopic (exact) mass is 347 g/mol. The van der Waals surface area contributed by atoms with Crippen LogP contribution in [0.25, 0.3) is 11.0 Å². The summed E-state index contributed by atoms with van der Waals surface area (Å²) in [5.41, 5.74) is 1.98. The van der Waals surface area contributed by atoms with Crippen molar-refractivity contribution in [3.05, 3.63) is 30.1 Å². The molecule has 5 nitrogen and oxygen atoms in total. The summed E-state index contributed by atoms with van der Waals surface area (Å²) in [4.78, 5) is 22.4. The van der Waals surface area contributed by atoms with E-state index in [2.05, 4.69) is 16.9 Å². The van der Waals surface area contributed by atoms with E-state index in [0.717, 1.165) is 42.7 Å². The fourth-order valence-electron chi connectivity index (χ4n) is 3.29. The number of carbonyl (C=O) groups is 1. The van der Waals surface area contributed by atoms with Crippen LogP contribution in [-0.4, -0.2) is 50.3 Å². The maximum atomic E-state index is 12.6. The zero-order chi connectivity index (χ0) is 17.1. The quantitative estimate of drug-likeness (QED) is 0.872. The number of amides is 1. The Morgan fingerprint density at radius 2 is 2.21 bits per heavy atom. The standard InChI is InChI=1S/C18H25N3O2S/c1-12(22)16-9-5-6-10-21(16)17(23)11-24-13(2)18-19-14-7-3-4-8-15(14)20-18/h3-4,7-8,12-13,16,22H,5-6,9-11H2,1-2H3,(H,19,20). The SMILES string of the molecule is CC(SCC(=O)N1CCCCC1C(C)O)c1nc2ccccc2[nH]1. The molecule has 1 aromatic heterocycles. The molecule has 3 atom stereocenters. The Bertz CT molecular complexity index is 667. The lowest BCUT2D eigenvalue weighted by Crippen LogP contribution is -2.49. The molecule has 130 valence electrons. The normalized spacial score (nSPS) is 21.0. The van der Waals surface area contributed by atoms with Crippen molar-refractivity contribution in [2.75, 3.05) is 12.3 Å². The molecule has 2 aromatic rings. The maximum absolute atomic E-state index is 12.6. The van der Waals surface area contributed by atoms with Gasteiger partial charge in [0, 0.05) is 6.54 Å². The molecule has 24 heavy (non-hydrogen) atoms. The number of benzene rings is 1. The highest BCUT2D eigenvalue weighted by Gasteiger charge is 2.30. The molecule has 0 bridgehead atoms. The van der Waals surface area contributed by atoms with Gasteiger partial charge in [-0.05, 0) is 45.2 Å². The first-order valence-electron chi connectivity index (χ1n) is 8.60. The van der Waals surface area contributed by atoms with Crippen LogP contribution >= 0.6 is 11.8 Å². The van der Waals surface area contributed by atoms with Crippen LogP contribution in [0, 0.1) is 0 Å². The minimum absolute atomic E-state index is 0.0339. The van der Waals surface area contributed by atoms with E-state index in [9.17, 15) is 9.90 Å². The van der Waals surface area contributed by atoms with Crippen LogP contribution in [0.2, 0.25) is 0 Å². The van der Waals surface area contributed by atoms with Gasteiger partial charge in [-0.3, -0.25) is 4.79 Å². The number of aliphatic hydroxyl groups excluding tert-OH is 1. The Kier molecular flexibility index (Phi) is 5.46. The van der Waals surface area contributed by atoms with Gasteiger partial charge in [0.25, 0.3) is 0 Å². The number of aromatic amines is 1. The molecule has 1 aliphatic heterocycles. The first-order valence-corrected chi connectivity index (χ1v) is 9.65. The van der Waals surface area contributed by atoms with Gasteiger partial charge in [-0.1, -0.05) is 12.1 Å². The number of imidazole rings is 1. The van der Waals surface area contributed by atoms with Gasteiger partial charge >= 0.3 is 0 Å². The molecule has 1 saturated heterocycles. The summed E-state index contributed by atoms with van der Waals surface area (Å²) in [5.74, 6) is 1.44. The van der Waals surface area contributed by atoms with Crippen LogP contribution in [0.4, 0.5) is 0 Å². The number of fused-ring (bicyclic) bond motifs is 1. The van der Waals surface area contributed by atoms with Crippen molar-refractivity contribution < 1.29 is 9.90 Å². The number of carbonyl (C=O) groups excluding carboxylic acids is 1. The molecule has 6 heteroatoms. The van der Waals surface area contributed by atoms with E-state index in [1.54, 1.807) is 18.7 Å². The molecule has 2 heterocycles. The molecule has 2 N–H and O–H groups in total. The smallest absolute Gasteiger partial charge is 0.232 e. The third-order valence-electron chi connectivity index (χ3n) is 4.68. The molecular weight excluding hydrogens is 322 g/mol. The van der Waals surface area contributed by atoms with Crippen molar-refractivity contribution in [1.82, 2.24) is 14.9 Å². The van der Waals surface area contributed by atoms with Crippen molar-refractivity contribution in [2.45, 2.75) is 50.5 Å². The summed E-state index contributed by atoms with van der Waals surface area (Å²) in [6.07, 6.45) is 2.54. The van der Waals surface area contributed by atoms with Gasteiger partial charge in [0.05, 0.1) is 34.2 Å². The van der Waals surface area contributed by atoms with E-state index >= 15 is 0 Å². The van der Waals surface area contributed by atoms with E-state index in [1.165, 1.54) is 0 Å². The molecule has 0 spiro atoms. The van der Waals surface area contributed by atoms with Crippen molar-refractivity contribution in [1.29, 1.82) is 0 Å². The van der Waals surface area contributed by atoms with E-state index < -0.39 is 6.10 Å². The number of rotatable bonds is 5. The summed E-state index contributed by atoms with van der Waals surface area (Å²) in [6, 6.07) is 7.92. The van der Waals surface area contributed by atoms with Gasteiger partial charge in [-0.25, -0.2) is 4.98 Å². The van der Waals surface area contributed by atoms with Crippen molar-refractivity contribution >= 4 is 28.7 Å². The minimum Gasteiger partial charge on any atom is -0.391 e. The van der Waals surface area contributed by atoms with Gasteiger partial charge in [-0.15, -0.1) is 11.8 Å². The zero-order valence-electron chi connectivity index (χ0n) is 14.2. The average molecular weight is 347 g/mol. The van der Waals surface area contributed by atoms with Crippen LogP contribution in [0.5, 0.6) is 0 Å². The summed E-state index contributed by atoms with van der Waals surface area (Å²) in [6.45, 7) is 4.60. The molecule has 0 aliphatic carbocycles. The van der Waals surface area contributed by atoms with Crippen LogP contribution in [0.15, 0.2) is 24.3 Å². The summed E-state index contributed by atoms with van der Waals surface area (Å²) in [7, 11) is 0. The van der Waals surface area contributed by atoms with Crippen LogP contribution < -0.4 is 0 Å². The van der Waals surface area contributed by atoms with Crippen LogP contribution in [-0.2, 0) is 4.79 Å². The van der Waals surface area contributed by atoms with Crippen molar-refractivity contribution in [3.8, 4) is 0 Å². The second-order valence-electron chi connectivity index (χ2n) is 6.48. The number of nitrogens with zero attached hydrogens (tertiary/aromatic N) is 2. The molecule has 3 rings (SSSR count). The predicted molar refractivity (Wildman–Crippen MR) is 98.0 cm³/mol. The summed E-state index contributed by atoms with van der Waals surface area (Å²) < 4.78 is 0. The number of H-pyrrole nitrogens is 1. The first kappa shape index (κ1) is 17.3. The number of aromatic nitrogens is 2. The predicted octanol–water partition coefficient (Wildman–Crippen LogP) is 3.12. The number of hydrogen-bond donors (Lipinski definition) is 2. The Hall–Kier alpha value is -1.53. The highest BCUT2D eigenvalue weighted by Crippen LogP contribution is 2.29. The average Bonchev–Trinajstić information content (AvgIpc) is 3.03. The second kappa shape index (κ2) is 7.57. The highest BCUT2D eigenvalue weighted by atomic mass is 32.2. The van der Waals surface area contributed by atoms with Gasteiger partial charge in [0.2, 0.25) is 5.91 Å². The highest BCUT2D eigenvalue weighted by molar-refractivity contribution is 8.00. The van der Waals surface area contributed by atoms with Gasteiger partial charge in [-0.2, -0.15) is 0 Å². The fraction of sp³-hybridized carbons (Fsp3) is 0.556. The zero-order valence-corrected chi connectivity index (χ0v) is 15.1. The third kappa shape index (κ3) is 3.75.